The Morgan fingerprint density at radius 3 is 2.94 bits per heavy atom. The quantitative estimate of drug-likeness (QED) is 0.842. The fourth-order valence-electron chi connectivity index (χ4n) is 1.80. The van der Waals surface area contributed by atoms with E-state index in [1.165, 1.54) is 17.7 Å². The van der Waals surface area contributed by atoms with Gasteiger partial charge in [0.1, 0.15) is 0 Å². The lowest BCUT2D eigenvalue weighted by atomic mass is 10.1. The van der Waals surface area contributed by atoms with Gasteiger partial charge in [0, 0.05) is 24.6 Å². The monoisotopic (exact) mass is 243 g/mol. The van der Waals surface area contributed by atoms with Crippen LogP contribution in [-0.4, -0.2) is 16.3 Å². The Kier molecular flexibility index (Phi) is 4.40. The molecule has 3 nitrogen and oxygen atoms in total. The first-order valence-electron chi connectivity index (χ1n) is 6.58. The average molecular weight is 243 g/mol. The third-order valence-electron chi connectivity index (χ3n) is 3.18. The number of hydrogen-bond acceptors (Lipinski definition) is 2. The second-order valence-electron chi connectivity index (χ2n) is 4.80. The first-order valence-corrected chi connectivity index (χ1v) is 6.58. The Balaban J connectivity index is 1.96. The molecule has 0 bridgehead atoms. The standard InChI is InChI=1S/C15H21N3/c1-3-13(2)11-16-15-7-4-6-14(10-15)12-18-9-5-8-17-18/h4-10,13,16H,3,11-12H2,1-2H3. The first-order chi connectivity index (χ1) is 8.78. The number of anilines is 1. The van der Waals surface area contributed by atoms with Crippen LogP contribution < -0.4 is 5.32 Å². The summed E-state index contributed by atoms with van der Waals surface area (Å²) in [5.41, 5.74) is 2.47. The SMILES string of the molecule is CCC(C)CNc1cccc(Cn2cccn2)c1. The Bertz CT molecular complexity index is 462. The van der Waals surface area contributed by atoms with Crippen molar-refractivity contribution in [2.24, 2.45) is 5.92 Å². The Hall–Kier alpha value is -1.77. The highest BCUT2D eigenvalue weighted by Crippen LogP contribution is 2.13. The molecule has 0 radical (unpaired) electrons. The molecule has 1 heterocycles. The van der Waals surface area contributed by atoms with Crippen LogP contribution in [0.5, 0.6) is 0 Å². The summed E-state index contributed by atoms with van der Waals surface area (Å²) in [6, 6.07) is 10.5. The summed E-state index contributed by atoms with van der Waals surface area (Å²) in [5.74, 6) is 0.708. The van der Waals surface area contributed by atoms with Crippen LogP contribution in [-0.2, 0) is 6.54 Å². The van der Waals surface area contributed by atoms with E-state index in [0.29, 0.717) is 5.92 Å². The van der Waals surface area contributed by atoms with Gasteiger partial charge in [0.2, 0.25) is 0 Å². The van der Waals surface area contributed by atoms with Gasteiger partial charge in [-0.2, -0.15) is 5.10 Å². The Labute approximate surface area is 109 Å². The molecule has 2 rings (SSSR count). The average Bonchev–Trinajstić information content (AvgIpc) is 2.89. The van der Waals surface area contributed by atoms with Gasteiger partial charge in [0.25, 0.3) is 0 Å². The van der Waals surface area contributed by atoms with Crippen LogP contribution in [0.2, 0.25) is 0 Å². The molecule has 0 amide bonds. The van der Waals surface area contributed by atoms with Gasteiger partial charge >= 0.3 is 0 Å². The van der Waals surface area contributed by atoms with Gasteiger partial charge < -0.3 is 5.32 Å². The number of nitrogens with one attached hydrogen (secondary N) is 1. The topological polar surface area (TPSA) is 29.9 Å². The van der Waals surface area contributed by atoms with Gasteiger partial charge in [-0.15, -0.1) is 0 Å². The molecule has 96 valence electrons. The molecule has 18 heavy (non-hydrogen) atoms. The molecule has 2 aromatic rings. The number of aromatic nitrogens is 2. The molecular weight excluding hydrogens is 222 g/mol. The normalized spacial score (nSPS) is 12.3. The van der Waals surface area contributed by atoms with Crippen molar-refractivity contribution in [2.45, 2.75) is 26.8 Å². The maximum atomic E-state index is 4.22. The van der Waals surface area contributed by atoms with E-state index in [2.05, 4.69) is 48.5 Å². The Morgan fingerprint density at radius 2 is 2.22 bits per heavy atom. The van der Waals surface area contributed by atoms with Crippen molar-refractivity contribution in [1.82, 2.24) is 9.78 Å². The van der Waals surface area contributed by atoms with E-state index in [4.69, 9.17) is 0 Å². The lowest BCUT2D eigenvalue weighted by Gasteiger charge is -2.12. The lowest BCUT2D eigenvalue weighted by molar-refractivity contribution is 0.593. The van der Waals surface area contributed by atoms with Crippen molar-refractivity contribution in [1.29, 1.82) is 0 Å². The highest BCUT2D eigenvalue weighted by atomic mass is 15.3. The first kappa shape index (κ1) is 12.7. The zero-order chi connectivity index (χ0) is 12.8. The summed E-state index contributed by atoms with van der Waals surface area (Å²) in [6.07, 6.45) is 5.00. The minimum absolute atomic E-state index is 0.708. The van der Waals surface area contributed by atoms with E-state index >= 15 is 0 Å². The van der Waals surface area contributed by atoms with Crippen LogP contribution in [0.4, 0.5) is 5.69 Å². The highest BCUT2D eigenvalue weighted by molar-refractivity contribution is 5.45. The predicted octanol–water partition coefficient (Wildman–Crippen LogP) is 3.39. The maximum Gasteiger partial charge on any atom is 0.0660 e. The number of benzene rings is 1. The second-order valence-corrected chi connectivity index (χ2v) is 4.80. The van der Waals surface area contributed by atoms with Gasteiger partial charge in [-0.1, -0.05) is 32.4 Å². The molecule has 1 N–H and O–H groups in total. The predicted molar refractivity (Wildman–Crippen MR) is 75.7 cm³/mol. The molecule has 0 saturated carbocycles. The van der Waals surface area contributed by atoms with E-state index in [0.717, 1.165) is 13.1 Å². The summed E-state index contributed by atoms with van der Waals surface area (Å²) >= 11 is 0. The number of nitrogens with zero attached hydrogens (tertiary/aromatic N) is 2. The third-order valence-corrected chi connectivity index (χ3v) is 3.18. The molecule has 1 unspecified atom stereocenters. The van der Waals surface area contributed by atoms with Crippen LogP contribution in [0.3, 0.4) is 0 Å². The molecule has 3 heteroatoms. The van der Waals surface area contributed by atoms with Gasteiger partial charge in [-0.05, 0) is 29.7 Å². The highest BCUT2D eigenvalue weighted by Gasteiger charge is 2.00. The van der Waals surface area contributed by atoms with Crippen molar-refractivity contribution in [3.05, 3.63) is 48.3 Å². The molecule has 0 aliphatic rings. The largest absolute Gasteiger partial charge is 0.385 e. The number of rotatable bonds is 6. The van der Waals surface area contributed by atoms with E-state index in [9.17, 15) is 0 Å². The van der Waals surface area contributed by atoms with Gasteiger partial charge in [0.05, 0.1) is 6.54 Å². The molecule has 0 aliphatic heterocycles. The van der Waals surface area contributed by atoms with Crippen LogP contribution >= 0.6 is 0 Å². The molecule has 1 atom stereocenters. The van der Waals surface area contributed by atoms with Crippen LogP contribution in [0.25, 0.3) is 0 Å². The molecule has 1 aromatic heterocycles. The molecule has 0 saturated heterocycles. The van der Waals surface area contributed by atoms with Crippen molar-refractivity contribution in [3.8, 4) is 0 Å². The Morgan fingerprint density at radius 1 is 1.33 bits per heavy atom. The van der Waals surface area contributed by atoms with Crippen molar-refractivity contribution < 1.29 is 0 Å². The minimum Gasteiger partial charge on any atom is -0.385 e. The summed E-state index contributed by atoms with van der Waals surface area (Å²) in [7, 11) is 0. The summed E-state index contributed by atoms with van der Waals surface area (Å²) in [4.78, 5) is 0. The van der Waals surface area contributed by atoms with Gasteiger partial charge in [-0.3, -0.25) is 4.68 Å². The third kappa shape index (κ3) is 3.62. The zero-order valence-electron chi connectivity index (χ0n) is 11.1. The van der Waals surface area contributed by atoms with Gasteiger partial charge in [-0.25, -0.2) is 0 Å². The fourth-order valence-corrected chi connectivity index (χ4v) is 1.80. The summed E-state index contributed by atoms with van der Waals surface area (Å²) in [5, 5.41) is 7.71. The van der Waals surface area contributed by atoms with Crippen LogP contribution in [0.1, 0.15) is 25.8 Å². The smallest absolute Gasteiger partial charge is 0.0660 e. The maximum absolute atomic E-state index is 4.22. The minimum atomic E-state index is 0.708. The summed E-state index contributed by atoms with van der Waals surface area (Å²) in [6.45, 7) is 6.34. The van der Waals surface area contributed by atoms with Gasteiger partial charge in [0.15, 0.2) is 0 Å². The lowest BCUT2D eigenvalue weighted by Crippen LogP contribution is -2.10. The van der Waals surface area contributed by atoms with Crippen molar-refractivity contribution in [3.63, 3.8) is 0 Å². The van der Waals surface area contributed by atoms with E-state index < -0.39 is 0 Å². The van der Waals surface area contributed by atoms with E-state index in [1.807, 2.05) is 23.1 Å². The molecule has 1 aromatic carbocycles. The van der Waals surface area contributed by atoms with E-state index in [-0.39, 0.29) is 0 Å². The molecule has 0 fully saturated rings. The summed E-state index contributed by atoms with van der Waals surface area (Å²) < 4.78 is 1.94. The molecule has 0 spiro atoms. The zero-order valence-corrected chi connectivity index (χ0v) is 11.1. The van der Waals surface area contributed by atoms with E-state index in [1.54, 1.807) is 0 Å². The second kappa shape index (κ2) is 6.24. The fraction of sp³-hybridized carbons (Fsp3) is 0.400. The van der Waals surface area contributed by atoms with Crippen LogP contribution in [0, 0.1) is 5.92 Å². The number of hydrogen-bond donors (Lipinski definition) is 1. The van der Waals surface area contributed by atoms with Crippen LogP contribution in [0.15, 0.2) is 42.7 Å². The van der Waals surface area contributed by atoms with Crippen molar-refractivity contribution >= 4 is 5.69 Å². The molecular formula is C15H21N3. The molecule has 0 aliphatic carbocycles. The van der Waals surface area contributed by atoms with Crippen molar-refractivity contribution in [2.75, 3.05) is 11.9 Å².